The molecule has 1 heterocycles. The fraction of sp³-hybridized carbons (Fsp3) is 0.444. The van der Waals surface area contributed by atoms with Crippen LogP contribution < -0.4 is 4.74 Å². The van der Waals surface area contributed by atoms with Gasteiger partial charge in [-0.2, -0.15) is 0 Å². The van der Waals surface area contributed by atoms with E-state index in [0.29, 0.717) is 0 Å². The van der Waals surface area contributed by atoms with Gasteiger partial charge in [0.2, 0.25) is 0 Å². The Labute approximate surface area is 185 Å². The molecule has 1 fully saturated rings. The van der Waals surface area contributed by atoms with Crippen LogP contribution in [-0.2, 0) is 10.2 Å². The number of ether oxygens (including phenoxy) is 1. The van der Waals surface area contributed by atoms with E-state index in [-0.39, 0.29) is 11.7 Å². The van der Waals surface area contributed by atoms with Crippen molar-refractivity contribution in [2.24, 2.45) is 5.92 Å². The Hall–Kier alpha value is -2.46. The van der Waals surface area contributed by atoms with Crippen LogP contribution in [0, 0.1) is 11.7 Å². The van der Waals surface area contributed by atoms with Gasteiger partial charge in [0, 0.05) is 13.1 Å². The van der Waals surface area contributed by atoms with Crippen LogP contribution in [0.2, 0.25) is 0 Å². The lowest BCUT2D eigenvalue weighted by Crippen LogP contribution is -2.37. The highest BCUT2D eigenvalue weighted by molar-refractivity contribution is 5.69. The molecule has 166 valence electrons. The molecule has 1 saturated heterocycles. The van der Waals surface area contributed by atoms with Gasteiger partial charge in [0.1, 0.15) is 17.9 Å². The van der Waals surface area contributed by atoms with Gasteiger partial charge >= 0.3 is 0 Å². The van der Waals surface area contributed by atoms with Crippen molar-refractivity contribution < 1.29 is 13.9 Å². The number of benzene rings is 2. The Morgan fingerprint density at radius 1 is 1.06 bits per heavy atom. The lowest BCUT2D eigenvalue weighted by atomic mass is 9.70. The van der Waals surface area contributed by atoms with Gasteiger partial charge in [-0.15, -0.1) is 0 Å². The van der Waals surface area contributed by atoms with E-state index in [1.54, 1.807) is 7.11 Å². The predicted octanol–water partition coefficient (Wildman–Crippen LogP) is 5.89. The molecule has 4 heteroatoms. The highest BCUT2D eigenvalue weighted by Gasteiger charge is 2.35. The minimum atomic E-state index is -0.463. The van der Waals surface area contributed by atoms with Crippen LogP contribution in [0.15, 0.2) is 54.1 Å². The Balaban J connectivity index is 1.55. The van der Waals surface area contributed by atoms with E-state index in [9.17, 15) is 9.18 Å². The number of carbonyl (C=O) groups excluding carboxylic acids is 1. The maximum atomic E-state index is 13.1. The molecule has 1 atom stereocenters. The first kappa shape index (κ1) is 23.2. The molecular formula is C27H34FNO2. The molecule has 1 unspecified atom stereocenters. The third-order valence-corrected chi connectivity index (χ3v) is 6.67. The quantitative estimate of drug-likeness (QED) is 0.471. The summed E-state index contributed by atoms with van der Waals surface area (Å²) in [5, 5.41) is 0. The SMILES string of the molecule is COc1ccc(C(C=O)(CCCN2CCC(=Cc3ccc(F)cc3)CC2)C(C)C)cc1. The van der Waals surface area contributed by atoms with Crippen LogP contribution in [0.1, 0.15) is 50.7 Å². The molecule has 0 N–H and O–H groups in total. The number of nitrogens with zero attached hydrogens (tertiary/aromatic N) is 1. The standard InChI is InChI=1S/C27H34FNO2/c1-21(2)27(20-30,24-7-11-26(31-3)12-8-24)15-4-16-29-17-13-23(14-18-29)19-22-5-9-25(28)10-6-22/h5-12,19-21H,4,13-18H2,1-3H3. The molecule has 0 aromatic heterocycles. The van der Waals surface area contributed by atoms with Crippen LogP contribution in [0.3, 0.4) is 0 Å². The second-order valence-electron chi connectivity index (χ2n) is 8.84. The van der Waals surface area contributed by atoms with Gasteiger partial charge in [0.05, 0.1) is 12.5 Å². The first-order valence-electron chi connectivity index (χ1n) is 11.2. The predicted molar refractivity (Wildman–Crippen MR) is 125 cm³/mol. The van der Waals surface area contributed by atoms with Gasteiger partial charge < -0.3 is 14.4 Å². The molecule has 0 spiro atoms. The Morgan fingerprint density at radius 2 is 1.71 bits per heavy atom. The average Bonchev–Trinajstić information content (AvgIpc) is 2.79. The van der Waals surface area contributed by atoms with Crippen molar-refractivity contribution in [3.63, 3.8) is 0 Å². The van der Waals surface area contributed by atoms with Gasteiger partial charge in [-0.1, -0.05) is 49.8 Å². The summed E-state index contributed by atoms with van der Waals surface area (Å²) in [7, 11) is 1.66. The normalized spacial score (nSPS) is 16.7. The molecule has 0 radical (unpaired) electrons. The topological polar surface area (TPSA) is 29.5 Å². The fourth-order valence-electron chi connectivity index (χ4n) is 4.53. The minimum absolute atomic E-state index is 0.195. The number of aldehydes is 1. The molecular weight excluding hydrogens is 389 g/mol. The summed E-state index contributed by atoms with van der Waals surface area (Å²) in [6.45, 7) is 7.33. The zero-order chi connectivity index (χ0) is 22.3. The number of methoxy groups -OCH3 is 1. The first-order valence-corrected chi connectivity index (χ1v) is 11.2. The fourth-order valence-corrected chi connectivity index (χ4v) is 4.53. The number of halogens is 1. The Kier molecular flexibility index (Phi) is 8.03. The molecule has 1 aliphatic rings. The van der Waals surface area contributed by atoms with Crippen molar-refractivity contribution in [1.82, 2.24) is 4.90 Å². The van der Waals surface area contributed by atoms with Crippen molar-refractivity contribution in [1.29, 1.82) is 0 Å². The summed E-state index contributed by atoms with van der Waals surface area (Å²) in [6.07, 6.45) is 7.25. The first-order chi connectivity index (χ1) is 15.0. The van der Waals surface area contributed by atoms with Crippen LogP contribution in [0.5, 0.6) is 5.75 Å². The van der Waals surface area contributed by atoms with Crippen LogP contribution in [0.4, 0.5) is 4.39 Å². The van der Waals surface area contributed by atoms with Crippen molar-refractivity contribution in [2.45, 2.75) is 44.9 Å². The molecule has 1 aliphatic heterocycles. The lowest BCUT2D eigenvalue weighted by Gasteiger charge is -2.35. The van der Waals surface area contributed by atoms with Crippen molar-refractivity contribution in [3.8, 4) is 5.75 Å². The largest absolute Gasteiger partial charge is 0.497 e. The van der Waals surface area contributed by atoms with Crippen molar-refractivity contribution in [2.75, 3.05) is 26.7 Å². The summed E-state index contributed by atoms with van der Waals surface area (Å²) < 4.78 is 18.4. The number of piperidine rings is 1. The second-order valence-corrected chi connectivity index (χ2v) is 8.84. The summed E-state index contributed by atoms with van der Waals surface area (Å²) in [5.74, 6) is 0.842. The summed E-state index contributed by atoms with van der Waals surface area (Å²) in [4.78, 5) is 14.8. The van der Waals surface area contributed by atoms with Gasteiger partial charge in [-0.25, -0.2) is 4.39 Å². The monoisotopic (exact) mass is 423 g/mol. The molecule has 2 aromatic carbocycles. The van der Waals surface area contributed by atoms with E-state index in [0.717, 1.165) is 68.5 Å². The highest BCUT2D eigenvalue weighted by atomic mass is 19.1. The molecule has 31 heavy (non-hydrogen) atoms. The number of rotatable bonds is 9. The van der Waals surface area contributed by atoms with Crippen LogP contribution in [0.25, 0.3) is 6.08 Å². The van der Waals surface area contributed by atoms with Crippen molar-refractivity contribution in [3.05, 3.63) is 71.0 Å². The van der Waals surface area contributed by atoms with E-state index in [1.165, 1.54) is 17.7 Å². The smallest absolute Gasteiger partial charge is 0.130 e. The molecule has 3 nitrogen and oxygen atoms in total. The zero-order valence-corrected chi connectivity index (χ0v) is 18.9. The maximum Gasteiger partial charge on any atom is 0.130 e. The van der Waals surface area contributed by atoms with E-state index < -0.39 is 5.41 Å². The van der Waals surface area contributed by atoms with Gasteiger partial charge in [-0.05, 0) is 73.5 Å². The molecule has 0 saturated carbocycles. The molecule has 3 rings (SSSR count). The van der Waals surface area contributed by atoms with Crippen molar-refractivity contribution >= 4 is 12.4 Å². The average molecular weight is 424 g/mol. The number of hydrogen-bond acceptors (Lipinski definition) is 3. The van der Waals surface area contributed by atoms with Gasteiger partial charge in [-0.3, -0.25) is 0 Å². The van der Waals surface area contributed by atoms with Crippen LogP contribution >= 0.6 is 0 Å². The van der Waals surface area contributed by atoms with E-state index in [2.05, 4.69) is 24.8 Å². The van der Waals surface area contributed by atoms with Gasteiger partial charge in [0.25, 0.3) is 0 Å². The third-order valence-electron chi connectivity index (χ3n) is 6.67. The minimum Gasteiger partial charge on any atom is -0.497 e. The van der Waals surface area contributed by atoms with Crippen LogP contribution in [-0.4, -0.2) is 37.9 Å². The molecule has 0 amide bonds. The highest BCUT2D eigenvalue weighted by Crippen LogP contribution is 2.36. The zero-order valence-electron chi connectivity index (χ0n) is 18.9. The maximum absolute atomic E-state index is 13.1. The number of likely N-dealkylation sites (tertiary alicyclic amines) is 1. The Morgan fingerprint density at radius 3 is 2.26 bits per heavy atom. The summed E-state index contributed by atoms with van der Waals surface area (Å²) in [5.41, 5.74) is 3.10. The second kappa shape index (κ2) is 10.7. The van der Waals surface area contributed by atoms with Gasteiger partial charge in [0.15, 0.2) is 0 Å². The van der Waals surface area contributed by atoms with E-state index in [4.69, 9.17) is 4.74 Å². The molecule has 0 bridgehead atoms. The van der Waals surface area contributed by atoms with E-state index in [1.807, 2.05) is 36.4 Å². The summed E-state index contributed by atoms with van der Waals surface area (Å²) in [6, 6.07) is 14.6. The summed E-state index contributed by atoms with van der Waals surface area (Å²) >= 11 is 0. The number of carbonyl (C=O) groups is 1. The number of hydrogen-bond donors (Lipinski definition) is 0. The Bertz CT molecular complexity index is 863. The third kappa shape index (κ3) is 5.82. The molecule has 0 aliphatic carbocycles. The van der Waals surface area contributed by atoms with E-state index >= 15 is 0 Å². The lowest BCUT2D eigenvalue weighted by molar-refractivity contribution is -0.114. The molecule has 2 aromatic rings.